The van der Waals surface area contributed by atoms with Gasteiger partial charge in [0.25, 0.3) is 5.91 Å². The van der Waals surface area contributed by atoms with E-state index < -0.39 is 0 Å². The Bertz CT molecular complexity index is 630. The second-order valence-corrected chi connectivity index (χ2v) is 4.65. The smallest absolute Gasteiger partial charge is 0.251 e. The average molecular weight is 291 g/mol. The molecule has 0 unspecified atom stereocenters. The highest BCUT2D eigenvalue weighted by Crippen LogP contribution is 2.14. The summed E-state index contributed by atoms with van der Waals surface area (Å²) in [6.07, 6.45) is 0. The van der Waals surface area contributed by atoms with Crippen LogP contribution < -0.4 is 10.6 Å². The number of amides is 1. The number of nitrogens with one attached hydrogen (secondary N) is 2. The number of halogens is 1. The second kappa shape index (κ2) is 6.34. The number of carbonyl (C=O) groups is 1. The highest BCUT2D eigenvalue weighted by molar-refractivity contribution is 6.29. The molecule has 0 saturated carbocycles. The van der Waals surface area contributed by atoms with Gasteiger partial charge in [-0.2, -0.15) is 0 Å². The molecule has 0 fully saturated rings. The van der Waals surface area contributed by atoms with Crippen molar-refractivity contribution >= 4 is 23.3 Å². The van der Waals surface area contributed by atoms with Gasteiger partial charge in [-0.25, -0.2) is 4.98 Å². The van der Waals surface area contributed by atoms with Crippen LogP contribution >= 0.6 is 11.6 Å². The minimum absolute atomic E-state index is 0.214. The molecule has 2 heterocycles. The van der Waals surface area contributed by atoms with Crippen LogP contribution in [0.3, 0.4) is 0 Å². The number of carbonyl (C=O) groups excluding carboxylic acids is 1. The Labute approximate surface area is 122 Å². The molecular weight excluding hydrogens is 276 g/mol. The normalized spacial score (nSPS) is 10.2. The molecule has 2 rings (SSSR count). The molecule has 6 heteroatoms. The molecule has 2 aromatic heterocycles. The van der Waals surface area contributed by atoms with Gasteiger partial charge in [0.05, 0.1) is 12.2 Å². The summed E-state index contributed by atoms with van der Waals surface area (Å²) in [5.41, 5.74) is 2.19. The van der Waals surface area contributed by atoms with Crippen LogP contribution in [0.25, 0.3) is 0 Å². The molecule has 104 valence electrons. The van der Waals surface area contributed by atoms with Crippen LogP contribution in [-0.4, -0.2) is 22.9 Å². The quantitative estimate of drug-likeness (QED) is 0.849. The van der Waals surface area contributed by atoms with E-state index in [0.29, 0.717) is 17.9 Å². The summed E-state index contributed by atoms with van der Waals surface area (Å²) in [5.74, 6) is 0.338. The number of pyridine rings is 2. The lowest BCUT2D eigenvalue weighted by atomic mass is 10.2. The fraction of sp³-hybridized carbons (Fsp3) is 0.214. The van der Waals surface area contributed by atoms with Crippen molar-refractivity contribution < 1.29 is 4.79 Å². The molecule has 5 nitrogen and oxygen atoms in total. The molecule has 2 N–H and O–H groups in total. The monoisotopic (exact) mass is 290 g/mol. The van der Waals surface area contributed by atoms with Crippen LogP contribution in [0.4, 0.5) is 5.82 Å². The number of aryl methyl sites for hydroxylation is 1. The summed E-state index contributed by atoms with van der Waals surface area (Å²) in [6, 6.07) is 8.86. The lowest BCUT2D eigenvalue weighted by Crippen LogP contribution is -2.23. The van der Waals surface area contributed by atoms with Crippen LogP contribution in [0, 0.1) is 6.92 Å². The summed E-state index contributed by atoms with van der Waals surface area (Å²) in [7, 11) is 1.72. The Hall–Kier alpha value is -2.14. The average Bonchev–Trinajstić information content (AvgIpc) is 2.44. The fourth-order valence-corrected chi connectivity index (χ4v) is 1.94. The molecule has 1 amide bonds. The van der Waals surface area contributed by atoms with Crippen LogP contribution in [0.5, 0.6) is 0 Å². The Kier molecular flexibility index (Phi) is 4.53. The topological polar surface area (TPSA) is 66.9 Å². The number of nitrogens with zero attached hydrogens (tertiary/aromatic N) is 2. The Morgan fingerprint density at radius 2 is 2.10 bits per heavy atom. The third-order valence-electron chi connectivity index (χ3n) is 2.69. The molecule has 0 aliphatic carbocycles. The maximum absolute atomic E-state index is 12.1. The van der Waals surface area contributed by atoms with Gasteiger partial charge in [-0.05, 0) is 31.2 Å². The van der Waals surface area contributed by atoms with Crippen molar-refractivity contribution in [1.82, 2.24) is 15.3 Å². The van der Waals surface area contributed by atoms with E-state index in [1.807, 2.05) is 25.1 Å². The van der Waals surface area contributed by atoms with Gasteiger partial charge in [0.1, 0.15) is 11.0 Å². The van der Waals surface area contributed by atoms with Crippen molar-refractivity contribution in [3.63, 3.8) is 0 Å². The maximum Gasteiger partial charge on any atom is 0.251 e. The first-order valence-electron chi connectivity index (χ1n) is 6.14. The van der Waals surface area contributed by atoms with Gasteiger partial charge in [0.2, 0.25) is 0 Å². The molecule has 2 aromatic rings. The zero-order valence-corrected chi connectivity index (χ0v) is 12.0. The second-order valence-electron chi connectivity index (χ2n) is 4.27. The number of hydrogen-bond acceptors (Lipinski definition) is 4. The van der Waals surface area contributed by atoms with Gasteiger partial charge in [-0.15, -0.1) is 0 Å². The Balaban J connectivity index is 2.07. The van der Waals surface area contributed by atoms with Crippen LogP contribution in [0.1, 0.15) is 21.7 Å². The zero-order chi connectivity index (χ0) is 14.5. The molecule has 0 radical (unpaired) electrons. The number of rotatable bonds is 4. The standard InChI is InChI=1S/C14H15ClN4O/c1-9-4-3-5-11(18-9)8-17-14(20)10-6-12(15)19-13(7-10)16-2/h3-7H,8H2,1-2H3,(H,16,19)(H,17,20). The largest absolute Gasteiger partial charge is 0.373 e. The SMILES string of the molecule is CNc1cc(C(=O)NCc2cccc(C)n2)cc(Cl)n1. The van der Waals surface area contributed by atoms with Crippen LogP contribution in [0.15, 0.2) is 30.3 Å². The summed E-state index contributed by atoms with van der Waals surface area (Å²) < 4.78 is 0. The number of aromatic nitrogens is 2. The first-order valence-corrected chi connectivity index (χ1v) is 6.52. The fourth-order valence-electron chi connectivity index (χ4n) is 1.73. The molecule has 0 bridgehead atoms. The third kappa shape index (κ3) is 3.68. The minimum atomic E-state index is -0.214. The van der Waals surface area contributed by atoms with Gasteiger partial charge in [-0.1, -0.05) is 17.7 Å². The van der Waals surface area contributed by atoms with Crippen molar-refractivity contribution in [2.45, 2.75) is 13.5 Å². The van der Waals surface area contributed by atoms with E-state index in [2.05, 4.69) is 20.6 Å². The van der Waals surface area contributed by atoms with Gasteiger partial charge in [0, 0.05) is 18.3 Å². The highest BCUT2D eigenvalue weighted by atomic mass is 35.5. The lowest BCUT2D eigenvalue weighted by Gasteiger charge is -2.07. The zero-order valence-electron chi connectivity index (χ0n) is 11.3. The summed E-state index contributed by atoms with van der Waals surface area (Å²) >= 11 is 5.87. The van der Waals surface area contributed by atoms with Gasteiger partial charge >= 0.3 is 0 Å². The van der Waals surface area contributed by atoms with Crippen molar-refractivity contribution in [1.29, 1.82) is 0 Å². The molecule has 0 aromatic carbocycles. The van der Waals surface area contributed by atoms with E-state index in [0.717, 1.165) is 11.4 Å². The summed E-state index contributed by atoms with van der Waals surface area (Å²) in [6.45, 7) is 2.28. The van der Waals surface area contributed by atoms with Gasteiger partial charge < -0.3 is 10.6 Å². The van der Waals surface area contributed by atoms with Crippen molar-refractivity contribution in [3.05, 3.63) is 52.4 Å². The van der Waals surface area contributed by atoms with Crippen molar-refractivity contribution in [2.75, 3.05) is 12.4 Å². The molecular formula is C14H15ClN4O. The predicted molar refractivity (Wildman–Crippen MR) is 78.9 cm³/mol. The highest BCUT2D eigenvalue weighted by Gasteiger charge is 2.09. The third-order valence-corrected chi connectivity index (χ3v) is 2.88. The van der Waals surface area contributed by atoms with Gasteiger partial charge in [-0.3, -0.25) is 9.78 Å². The van der Waals surface area contributed by atoms with Crippen LogP contribution in [0.2, 0.25) is 5.15 Å². The lowest BCUT2D eigenvalue weighted by molar-refractivity contribution is 0.0950. The van der Waals surface area contributed by atoms with Crippen molar-refractivity contribution in [2.24, 2.45) is 0 Å². The maximum atomic E-state index is 12.1. The number of hydrogen-bond donors (Lipinski definition) is 2. The first kappa shape index (κ1) is 14.3. The Morgan fingerprint density at radius 3 is 2.80 bits per heavy atom. The van der Waals surface area contributed by atoms with E-state index >= 15 is 0 Å². The molecule has 0 saturated heterocycles. The summed E-state index contributed by atoms with van der Waals surface area (Å²) in [5, 5.41) is 5.94. The minimum Gasteiger partial charge on any atom is -0.373 e. The summed E-state index contributed by atoms with van der Waals surface area (Å²) in [4.78, 5) is 20.4. The Morgan fingerprint density at radius 1 is 1.30 bits per heavy atom. The first-order chi connectivity index (χ1) is 9.58. The van der Waals surface area contributed by atoms with Crippen LogP contribution in [-0.2, 0) is 6.54 Å². The number of anilines is 1. The molecule has 0 aliphatic rings. The molecule has 20 heavy (non-hydrogen) atoms. The van der Waals surface area contributed by atoms with E-state index in [4.69, 9.17) is 11.6 Å². The van der Waals surface area contributed by atoms with E-state index in [9.17, 15) is 4.79 Å². The molecule has 0 atom stereocenters. The molecule has 0 aliphatic heterocycles. The van der Waals surface area contributed by atoms with E-state index in [1.54, 1.807) is 13.1 Å². The van der Waals surface area contributed by atoms with E-state index in [-0.39, 0.29) is 11.1 Å². The van der Waals surface area contributed by atoms with E-state index in [1.165, 1.54) is 6.07 Å². The van der Waals surface area contributed by atoms with Gasteiger partial charge in [0.15, 0.2) is 0 Å². The predicted octanol–water partition coefficient (Wildman–Crippen LogP) is 2.41. The van der Waals surface area contributed by atoms with Crippen molar-refractivity contribution in [3.8, 4) is 0 Å². The molecule has 0 spiro atoms.